The molecular formula is C11H22N2O. The molecule has 14 heavy (non-hydrogen) atoms. The van der Waals surface area contributed by atoms with E-state index in [1.54, 1.807) is 0 Å². The van der Waals surface area contributed by atoms with Crippen molar-refractivity contribution >= 4 is 5.91 Å². The number of carbonyl (C=O) groups excluding carboxylic acids is 1. The molecule has 0 unspecified atom stereocenters. The normalized spacial score (nSPS) is 20.0. The van der Waals surface area contributed by atoms with Crippen LogP contribution in [0.5, 0.6) is 0 Å². The molecule has 0 aromatic rings. The second-order valence-electron chi connectivity index (χ2n) is 5.43. The summed E-state index contributed by atoms with van der Waals surface area (Å²) < 4.78 is 0. The lowest BCUT2D eigenvalue weighted by Gasteiger charge is -2.39. The monoisotopic (exact) mass is 198 g/mol. The zero-order chi connectivity index (χ0) is 10.8. The number of hydrogen-bond acceptors (Lipinski definition) is 2. The standard InChI is InChI=1S/C11H22N2O/c1-10(2,7-12)9(14)13-8-11(3)5-4-6-11/h4-8,12H2,1-3H3,(H,13,14). The van der Waals surface area contributed by atoms with Crippen molar-refractivity contribution in [1.82, 2.24) is 5.32 Å². The third kappa shape index (κ3) is 2.47. The van der Waals surface area contributed by atoms with E-state index in [9.17, 15) is 4.79 Å². The Bertz CT molecular complexity index is 219. The quantitative estimate of drug-likeness (QED) is 0.715. The van der Waals surface area contributed by atoms with Gasteiger partial charge in [-0.2, -0.15) is 0 Å². The molecule has 1 aliphatic rings. The SMILES string of the molecule is CC1(CNC(=O)C(C)(C)CN)CCC1. The summed E-state index contributed by atoms with van der Waals surface area (Å²) in [6.07, 6.45) is 3.76. The van der Waals surface area contributed by atoms with Gasteiger partial charge in [-0.25, -0.2) is 0 Å². The van der Waals surface area contributed by atoms with Crippen molar-refractivity contribution in [3.8, 4) is 0 Å². The van der Waals surface area contributed by atoms with Crippen LogP contribution in [0.4, 0.5) is 0 Å². The molecule has 0 aromatic heterocycles. The first kappa shape index (κ1) is 11.5. The Morgan fingerprint density at radius 3 is 2.43 bits per heavy atom. The Morgan fingerprint density at radius 1 is 1.50 bits per heavy atom. The van der Waals surface area contributed by atoms with Gasteiger partial charge in [0.1, 0.15) is 0 Å². The van der Waals surface area contributed by atoms with Crippen molar-refractivity contribution in [2.75, 3.05) is 13.1 Å². The van der Waals surface area contributed by atoms with Crippen molar-refractivity contribution in [2.24, 2.45) is 16.6 Å². The third-order valence-electron chi connectivity index (χ3n) is 3.36. The highest BCUT2D eigenvalue weighted by Gasteiger charge is 2.33. The van der Waals surface area contributed by atoms with Crippen molar-refractivity contribution in [3.05, 3.63) is 0 Å². The van der Waals surface area contributed by atoms with Gasteiger partial charge in [0.2, 0.25) is 5.91 Å². The molecule has 0 bridgehead atoms. The maximum Gasteiger partial charge on any atom is 0.226 e. The Kier molecular flexibility index (Phi) is 3.20. The molecule has 0 radical (unpaired) electrons. The topological polar surface area (TPSA) is 55.1 Å². The largest absolute Gasteiger partial charge is 0.355 e. The van der Waals surface area contributed by atoms with E-state index >= 15 is 0 Å². The summed E-state index contributed by atoms with van der Waals surface area (Å²) in [5, 5.41) is 3.00. The van der Waals surface area contributed by atoms with Crippen molar-refractivity contribution in [1.29, 1.82) is 0 Å². The predicted molar refractivity (Wildman–Crippen MR) is 57.8 cm³/mol. The van der Waals surface area contributed by atoms with Crippen molar-refractivity contribution in [2.45, 2.75) is 40.0 Å². The summed E-state index contributed by atoms with van der Waals surface area (Å²) >= 11 is 0. The number of nitrogens with two attached hydrogens (primary N) is 1. The molecule has 1 amide bonds. The average molecular weight is 198 g/mol. The Hall–Kier alpha value is -0.570. The molecule has 0 aromatic carbocycles. The minimum Gasteiger partial charge on any atom is -0.355 e. The van der Waals surface area contributed by atoms with Crippen LogP contribution in [0.15, 0.2) is 0 Å². The number of amides is 1. The number of rotatable bonds is 4. The maximum absolute atomic E-state index is 11.7. The van der Waals surface area contributed by atoms with Gasteiger partial charge in [-0.1, -0.05) is 13.3 Å². The summed E-state index contributed by atoms with van der Waals surface area (Å²) in [6, 6.07) is 0. The fourth-order valence-electron chi connectivity index (χ4n) is 1.58. The molecule has 3 nitrogen and oxygen atoms in total. The Labute approximate surface area is 86.4 Å². The van der Waals surface area contributed by atoms with E-state index in [2.05, 4.69) is 12.2 Å². The highest BCUT2D eigenvalue weighted by atomic mass is 16.2. The minimum atomic E-state index is -0.430. The summed E-state index contributed by atoms with van der Waals surface area (Å²) in [7, 11) is 0. The van der Waals surface area contributed by atoms with E-state index in [4.69, 9.17) is 5.73 Å². The lowest BCUT2D eigenvalue weighted by molar-refractivity contribution is -0.129. The number of carbonyl (C=O) groups is 1. The van der Waals surface area contributed by atoms with Gasteiger partial charge in [0.15, 0.2) is 0 Å². The second kappa shape index (κ2) is 3.89. The lowest BCUT2D eigenvalue weighted by Crippen LogP contribution is -2.47. The molecule has 1 fully saturated rings. The minimum absolute atomic E-state index is 0.0770. The van der Waals surface area contributed by atoms with Gasteiger partial charge in [0, 0.05) is 13.1 Å². The van der Waals surface area contributed by atoms with Crippen molar-refractivity contribution in [3.63, 3.8) is 0 Å². The smallest absolute Gasteiger partial charge is 0.226 e. The van der Waals surface area contributed by atoms with Crippen LogP contribution < -0.4 is 11.1 Å². The lowest BCUT2D eigenvalue weighted by atomic mass is 9.70. The maximum atomic E-state index is 11.7. The van der Waals surface area contributed by atoms with Gasteiger partial charge >= 0.3 is 0 Å². The van der Waals surface area contributed by atoms with Crippen LogP contribution in [0.25, 0.3) is 0 Å². The molecule has 1 aliphatic carbocycles. The van der Waals surface area contributed by atoms with Crippen molar-refractivity contribution < 1.29 is 4.79 Å². The zero-order valence-electron chi connectivity index (χ0n) is 9.52. The molecule has 3 heteroatoms. The Balaban J connectivity index is 2.34. The molecule has 0 aliphatic heterocycles. The van der Waals surface area contributed by atoms with Gasteiger partial charge in [-0.15, -0.1) is 0 Å². The van der Waals surface area contributed by atoms with Crippen LogP contribution in [0.1, 0.15) is 40.0 Å². The van der Waals surface area contributed by atoms with E-state index in [0.717, 1.165) is 6.54 Å². The summed E-state index contributed by atoms with van der Waals surface area (Å²) in [6.45, 7) is 7.19. The highest BCUT2D eigenvalue weighted by Crippen LogP contribution is 2.39. The summed E-state index contributed by atoms with van der Waals surface area (Å²) in [5.41, 5.74) is 5.45. The molecule has 1 rings (SSSR count). The van der Waals surface area contributed by atoms with Gasteiger partial charge in [0.05, 0.1) is 5.41 Å². The summed E-state index contributed by atoms with van der Waals surface area (Å²) in [5.74, 6) is 0.0770. The Morgan fingerprint density at radius 2 is 2.07 bits per heavy atom. The van der Waals surface area contributed by atoms with E-state index in [0.29, 0.717) is 12.0 Å². The molecule has 0 saturated heterocycles. The van der Waals surface area contributed by atoms with E-state index < -0.39 is 5.41 Å². The van der Waals surface area contributed by atoms with Gasteiger partial charge in [-0.05, 0) is 32.1 Å². The molecule has 0 spiro atoms. The van der Waals surface area contributed by atoms with Gasteiger partial charge in [0.25, 0.3) is 0 Å². The van der Waals surface area contributed by atoms with E-state index in [-0.39, 0.29) is 5.91 Å². The van der Waals surface area contributed by atoms with Crippen LogP contribution in [0.2, 0.25) is 0 Å². The summed E-state index contributed by atoms with van der Waals surface area (Å²) in [4.78, 5) is 11.7. The van der Waals surface area contributed by atoms with Crippen LogP contribution in [-0.2, 0) is 4.79 Å². The first-order valence-corrected chi connectivity index (χ1v) is 5.38. The molecule has 3 N–H and O–H groups in total. The molecule has 0 heterocycles. The zero-order valence-corrected chi connectivity index (χ0v) is 9.52. The first-order valence-electron chi connectivity index (χ1n) is 5.38. The fraction of sp³-hybridized carbons (Fsp3) is 0.909. The van der Waals surface area contributed by atoms with E-state index in [1.807, 2.05) is 13.8 Å². The van der Waals surface area contributed by atoms with Gasteiger partial charge in [-0.3, -0.25) is 4.79 Å². The molecule has 0 atom stereocenters. The van der Waals surface area contributed by atoms with Crippen LogP contribution in [-0.4, -0.2) is 19.0 Å². The average Bonchev–Trinajstić information content (AvgIpc) is 2.11. The van der Waals surface area contributed by atoms with E-state index in [1.165, 1.54) is 19.3 Å². The van der Waals surface area contributed by atoms with Crippen LogP contribution >= 0.6 is 0 Å². The molecule has 1 saturated carbocycles. The fourth-order valence-corrected chi connectivity index (χ4v) is 1.58. The van der Waals surface area contributed by atoms with Gasteiger partial charge < -0.3 is 11.1 Å². The molecule has 82 valence electrons. The third-order valence-corrected chi connectivity index (χ3v) is 3.36. The van der Waals surface area contributed by atoms with Crippen LogP contribution in [0.3, 0.4) is 0 Å². The number of hydrogen-bond donors (Lipinski definition) is 2. The highest BCUT2D eigenvalue weighted by molar-refractivity contribution is 5.82. The second-order valence-corrected chi connectivity index (χ2v) is 5.43. The van der Waals surface area contributed by atoms with Crippen LogP contribution in [0, 0.1) is 10.8 Å². The first-order chi connectivity index (χ1) is 6.40. The molecular weight excluding hydrogens is 176 g/mol. The number of nitrogens with one attached hydrogen (secondary N) is 1. The predicted octanol–water partition coefficient (Wildman–Crippen LogP) is 1.28.